The molecule has 2 aromatic carbocycles. The highest BCUT2D eigenvalue weighted by Gasteiger charge is 2.39. The predicted molar refractivity (Wildman–Crippen MR) is 72.7 cm³/mol. The highest BCUT2D eigenvalue weighted by Crippen LogP contribution is 2.35. The molecule has 0 N–H and O–H groups in total. The van der Waals surface area contributed by atoms with Gasteiger partial charge in [-0.1, -0.05) is 48.5 Å². The Balaban J connectivity index is 2.04. The van der Waals surface area contributed by atoms with Crippen LogP contribution in [0.5, 0.6) is 0 Å². The van der Waals surface area contributed by atoms with Crippen molar-refractivity contribution in [3.8, 4) is 0 Å². The third kappa shape index (κ3) is 2.03. The van der Waals surface area contributed by atoms with Crippen molar-refractivity contribution in [1.82, 2.24) is 0 Å². The van der Waals surface area contributed by atoms with Gasteiger partial charge in [-0.3, -0.25) is 14.5 Å². The van der Waals surface area contributed by atoms with E-state index in [9.17, 15) is 9.59 Å². The van der Waals surface area contributed by atoms with Crippen LogP contribution in [0.25, 0.3) is 0 Å². The molecule has 1 amide bonds. The molecule has 0 spiro atoms. The number of hydrogen-bond donors (Lipinski definition) is 0. The minimum absolute atomic E-state index is 0.191. The van der Waals surface area contributed by atoms with Crippen LogP contribution >= 0.6 is 0 Å². The first-order chi connectivity index (χ1) is 9.27. The maximum Gasteiger partial charge on any atom is 0.295 e. The molecule has 1 aliphatic heterocycles. The third-order valence-corrected chi connectivity index (χ3v) is 3.37. The first-order valence-electron chi connectivity index (χ1n) is 6.24. The second-order valence-electron chi connectivity index (χ2n) is 4.56. The number of amides is 1. The number of rotatable bonds is 2. The lowest BCUT2D eigenvalue weighted by atomic mass is 10.0. The second kappa shape index (κ2) is 4.69. The fraction of sp³-hybridized carbons (Fsp3) is 0.125. The Morgan fingerprint density at radius 1 is 0.842 bits per heavy atom. The van der Waals surface area contributed by atoms with Gasteiger partial charge < -0.3 is 0 Å². The van der Waals surface area contributed by atoms with E-state index in [4.69, 9.17) is 0 Å². The monoisotopic (exact) mass is 251 g/mol. The van der Waals surface area contributed by atoms with Gasteiger partial charge in [0.25, 0.3) is 5.91 Å². The quantitative estimate of drug-likeness (QED) is 0.770. The molecule has 1 saturated heterocycles. The fourth-order valence-corrected chi connectivity index (χ4v) is 2.46. The molecule has 94 valence electrons. The Morgan fingerprint density at radius 2 is 1.42 bits per heavy atom. The molecule has 0 aliphatic carbocycles. The Kier molecular flexibility index (Phi) is 2.88. The number of anilines is 1. The van der Waals surface area contributed by atoms with Gasteiger partial charge in [0.1, 0.15) is 0 Å². The lowest BCUT2D eigenvalue weighted by molar-refractivity contribution is -0.133. The van der Waals surface area contributed by atoms with E-state index < -0.39 is 5.91 Å². The van der Waals surface area contributed by atoms with Crippen LogP contribution in [0.3, 0.4) is 0 Å². The summed E-state index contributed by atoms with van der Waals surface area (Å²) in [6, 6.07) is 18.8. The van der Waals surface area contributed by atoms with Gasteiger partial charge in [-0.15, -0.1) is 0 Å². The van der Waals surface area contributed by atoms with Gasteiger partial charge in [0.2, 0.25) is 5.78 Å². The summed E-state index contributed by atoms with van der Waals surface area (Å²) in [5.41, 5.74) is 1.76. The lowest BCUT2D eigenvalue weighted by Gasteiger charge is -2.24. The Labute approximate surface area is 111 Å². The van der Waals surface area contributed by atoms with E-state index in [0.717, 1.165) is 11.3 Å². The molecule has 2 aromatic rings. The third-order valence-electron chi connectivity index (χ3n) is 3.37. The zero-order valence-corrected chi connectivity index (χ0v) is 10.3. The molecule has 0 unspecified atom stereocenters. The molecule has 0 saturated carbocycles. The maximum absolute atomic E-state index is 12.1. The van der Waals surface area contributed by atoms with Crippen LogP contribution in [0.15, 0.2) is 60.7 Å². The highest BCUT2D eigenvalue weighted by molar-refractivity contribution is 6.44. The predicted octanol–water partition coefficient (Wildman–Crippen LogP) is 2.73. The number of hydrogen-bond acceptors (Lipinski definition) is 2. The van der Waals surface area contributed by atoms with Crippen molar-refractivity contribution in [1.29, 1.82) is 0 Å². The summed E-state index contributed by atoms with van der Waals surface area (Å²) < 4.78 is 0. The smallest absolute Gasteiger partial charge is 0.295 e. The highest BCUT2D eigenvalue weighted by atomic mass is 16.2. The van der Waals surface area contributed by atoms with Crippen LogP contribution in [-0.2, 0) is 9.59 Å². The standard InChI is InChI=1S/C16H13NO2/c18-15-11-14(12-7-3-1-4-8-12)17(16(15)19)13-9-5-2-6-10-13/h1-10,14H,11H2/t14-/m0/s1. The van der Waals surface area contributed by atoms with Crippen LogP contribution in [-0.4, -0.2) is 11.7 Å². The molecule has 3 heteroatoms. The van der Waals surface area contributed by atoms with Crippen LogP contribution in [0.4, 0.5) is 5.69 Å². The van der Waals surface area contributed by atoms with E-state index in [-0.39, 0.29) is 18.2 Å². The van der Waals surface area contributed by atoms with Crippen molar-refractivity contribution in [2.75, 3.05) is 4.90 Å². The summed E-state index contributed by atoms with van der Waals surface area (Å²) >= 11 is 0. The van der Waals surface area contributed by atoms with Crippen LogP contribution < -0.4 is 4.90 Å². The van der Waals surface area contributed by atoms with Gasteiger partial charge in [-0.25, -0.2) is 0 Å². The fourth-order valence-electron chi connectivity index (χ4n) is 2.46. The number of carbonyl (C=O) groups is 2. The first-order valence-corrected chi connectivity index (χ1v) is 6.24. The summed E-state index contributed by atoms with van der Waals surface area (Å²) in [6.45, 7) is 0. The summed E-state index contributed by atoms with van der Waals surface area (Å²) in [5, 5.41) is 0. The van der Waals surface area contributed by atoms with E-state index in [1.165, 1.54) is 0 Å². The van der Waals surface area contributed by atoms with Crippen molar-refractivity contribution in [3.05, 3.63) is 66.2 Å². The molecule has 0 aromatic heterocycles. The minimum Gasteiger partial charge on any atom is -0.298 e. The number of carbonyl (C=O) groups excluding carboxylic acids is 2. The molecule has 1 fully saturated rings. The molecule has 1 heterocycles. The van der Waals surface area contributed by atoms with Crippen molar-refractivity contribution in [2.45, 2.75) is 12.5 Å². The zero-order valence-electron chi connectivity index (χ0n) is 10.3. The van der Waals surface area contributed by atoms with Gasteiger partial charge in [-0.2, -0.15) is 0 Å². The summed E-state index contributed by atoms with van der Waals surface area (Å²) in [6.07, 6.45) is 0.248. The normalized spacial score (nSPS) is 18.9. The topological polar surface area (TPSA) is 37.4 Å². The van der Waals surface area contributed by atoms with E-state index in [0.29, 0.717) is 0 Å². The van der Waals surface area contributed by atoms with Crippen molar-refractivity contribution in [3.63, 3.8) is 0 Å². The number of para-hydroxylation sites is 1. The van der Waals surface area contributed by atoms with E-state index in [1.54, 1.807) is 4.90 Å². The SMILES string of the molecule is O=C1C[C@@H](c2ccccc2)N(c2ccccc2)C1=O. The average Bonchev–Trinajstić information content (AvgIpc) is 2.77. The summed E-state index contributed by atoms with van der Waals surface area (Å²) in [5.74, 6) is -0.738. The van der Waals surface area contributed by atoms with Crippen LogP contribution in [0, 0.1) is 0 Å². The summed E-state index contributed by atoms with van der Waals surface area (Å²) in [7, 11) is 0. The molecule has 3 rings (SSSR count). The first kappa shape index (κ1) is 11.7. The molecule has 1 aliphatic rings. The number of benzene rings is 2. The second-order valence-corrected chi connectivity index (χ2v) is 4.56. The molecule has 0 bridgehead atoms. The molecule has 3 nitrogen and oxygen atoms in total. The molecular weight excluding hydrogens is 238 g/mol. The van der Waals surface area contributed by atoms with Gasteiger partial charge in [0.15, 0.2) is 0 Å². The van der Waals surface area contributed by atoms with Crippen molar-refractivity contribution >= 4 is 17.4 Å². The molecule has 19 heavy (non-hydrogen) atoms. The minimum atomic E-state index is -0.417. The maximum atomic E-state index is 12.1. The molecule has 1 atom stereocenters. The number of ketones is 1. The number of Topliss-reactive ketones (excluding diaryl/α,β-unsaturated/α-hetero) is 1. The van der Waals surface area contributed by atoms with E-state index in [2.05, 4.69) is 0 Å². The van der Waals surface area contributed by atoms with Gasteiger partial charge >= 0.3 is 0 Å². The van der Waals surface area contributed by atoms with Crippen molar-refractivity contribution in [2.24, 2.45) is 0 Å². The van der Waals surface area contributed by atoms with Gasteiger partial charge in [0.05, 0.1) is 6.04 Å². The molecule has 0 radical (unpaired) electrons. The van der Waals surface area contributed by atoms with Crippen LogP contribution in [0.1, 0.15) is 18.0 Å². The Morgan fingerprint density at radius 3 is 2.05 bits per heavy atom. The average molecular weight is 251 g/mol. The lowest BCUT2D eigenvalue weighted by Crippen LogP contribution is -2.29. The molecular formula is C16H13NO2. The van der Waals surface area contributed by atoms with Gasteiger partial charge in [0, 0.05) is 12.1 Å². The Bertz CT molecular complexity index is 607. The zero-order chi connectivity index (χ0) is 13.2. The van der Waals surface area contributed by atoms with Gasteiger partial charge in [-0.05, 0) is 17.7 Å². The number of nitrogens with zero attached hydrogens (tertiary/aromatic N) is 1. The van der Waals surface area contributed by atoms with E-state index in [1.807, 2.05) is 60.7 Å². The largest absolute Gasteiger partial charge is 0.298 e. The van der Waals surface area contributed by atoms with Crippen molar-refractivity contribution < 1.29 is 9.59 Å². The Hall–Kier alpha value is -2.42. The van der Waals surface area contributed by atoms with E-state index >= 15 is 0 Å². The summed E-state index contributed by atoms with van der Waals surface area (Å²) in [4.78, 5) is 25.4. The van der Waals surface area contributed by atoms with Crippen LogP contribution in [0.2, 0.25) is 0 Å².